The van der Waals surface area contributed by atoms with Crippen molar-refractivity contribution in [1.82, 2.24) is 4.98 Å². The van der Waals surface area contributed by atoms with Gasteiger partial charge in [0.05, 0.1) is 11.3 Å². The summed E-state index contributed by atoms with van der Waals surface area (Å²) in [4.78, 5) is 39.5. The van der Waals surface area contributed by atoms with Gasteiger partial charge in [-0.2, -0.15) is 0 Å². The molecule has 2 heterocycles. The number of halogens is 1. The van der Waals surface area contributed by atoms with Crippen LogP contribution in [0.5, 0.6) is 0 Å². The van der Waals surface area contributed by atoms with Gasteiger partial charge in [0.2, 0.25) is 5.56 Å². The van der Waals surface area contributed by atoms with E-state index in [1.165, 1.54) is 30.5 Å². The number of hydrogen-bond acceptors (Lipinski definition) is 4. The molecule has 0 bridgehead atoms. The van der Waals surface area contributed by atoms with Crippen molar-refractivity contribution in [2.75, 3.05) is 5.32 Å². The number of nitrogens with one attached hydrogen (secondary N) is 2. The van der Waals surface area contributed by atoms with Gasteiger partial charge in [0.25, 0.3) is 5.91 Å². The second kappa shape index (κ2) is 9.46. The van der Waals surface area contributed by atoms with Crippen LogP contribution in [-0.2, 0) is 0 Å². The highest BCUT2D eigenvalue weighted by molar-refractivity contribution is 6.13. The summed E-state index contributed by atoms with van der Waals surface area (Å²) in [5, 5.41) is 3.41. The number of H-pyrrole nitrogens is 1. The molecule has 0 fully saturated rings. The molecule has 0 aliphatic rings. The van der Waals surface area contributed by atoms with Crippen LogP contribution in [0.2, 0.25) is 0 Å². The number of ketones is 1. The Kier molecular flexibility index (Phi) is 6.04. The van der Waals surface area contributed by atoms with Gasteiger partial charge in [0.1, 0.15) is 17.2 Å². The van der Waals surface area contributed by atoms with Gasteiger partial charge in [-0.05, 0) is 65.7 Å². The summed E-state index contributed by atoms with van der Waals surface area (Å²) in [6.07, 6.45) is 1.72. The van der Waals surface area contributed by atoms with E-state index in [0.717, 1.165) is 11.1 Å². The van der Waals surface area contributed by atoms with Crippen molar-refractivity contribution >= 4 is 28.3 Å². The maximum Gasteiger partial charge on any atom is 0.255 e. The van der Waals surface area contributed by atoms with E-state index in [-0.39, 0.29) is 29.5 Å². The van der Waals surface area contributed by atoms with E-state index in [2.05, 4.69) is 10.3 Å². The molecule has 0 spiro atoms. The van der Waals surface area contributed by atoms with Crippen molar-refractivity contribution in [3.63, 3.8) is 0 Å². The second-order valence-electron chi connectivity index (χ2n) is 8.28. The number of amides is 1. The molecule has 0 saturated carbocycles. The zero-order valence-electron chi connectivity index (χ0n) is 19.3. The summed E-state index contributed by atoms with van der Waals surface area (Å²) >= 11 is 0. The van der Waals surface area contributed by atoms with Crippen LogP contribution in [0.3, 0.4) is 0 Å². The minimum Gasteiger partial charge on any atom is -0.455 e. The number of aromatic nitrogens is 1. The molecule has 0 unspecified atom stereocenters. The van der Waals surface area contributed by atoms with Gasteiger partial charge >= 0.3 is 0 Å². The molecule has 6 nitrogen and oxygen atoms in total. The topological polar surface area (TPSA) is 92.2 Å². The number of benzene rings is 3. The molecular weight excluding hydrogens is 459 g/mol. The molecule has 3 aromatic carbocycles. The molecule has 0 saturated heterocycles. The predicted octanol–water partition coefficient (Wildman–Crippen LogP) is 6.44. The fourth-order valence-electron chi connectivity index (χ4n) is 4.07. The van der Waals surface area contributed by atoms with E-state index in [1.54, 1.807) is 43.3 Å². The van der Waals surface area contributed by atoms with Crippen molar-refractivity contribution < 1.29 is 18.4 Å². The quantitative estimate of drug-likeness (QED) is 0.274. The Hall–Kier alpha value is -4.78. The van der Waals surface area contributed by atoms with Crippen LogP contribution in [0.4, 0.5) is 10.1 Å². The van der Waals surface area contributed by atoms with Crippen LogP contribution < -0.4 is 10.9 Å². The van der Waals surface area contributed by atoms with Gasteiger partial charge in [0, 0.05) is 35.2 Å². The van der Waals surface area contributed by atoms with Crippen molar-refractivity contribution in [3.8, 4) is 22.5 Å². The highest BCUT2D eigenvalue weighted by Gasteiger charge is 2.21. The lowest BCUT2D eigenvalue weighted by Crippen LogP contribution is -2.13. The zero-order chi connectivity index (χ0) is 25.2. The first-order chi connectivity index (χ1) is 17.4. The third-order valence-corrected chi connectivity index (χ3v) is 5.89. The molecule has 0 aliphatic carbocycles. The van der Waals surface area contributed by atoms with E-state index in [0.29, 0.717) is 39.1 Å². The Morgan fingerprint density at radius 2 is 1.67 bits per heavy atom. The molecule has 1 amide bonds. The molecule has 7 heteroatoms. The Labute approximate surface area is 205 Å². The van der Waals surface area contributed by atoms with Gasteiger partial charge in [0.15, 0.2) is 5.78 Å². The predicted molar refractivity (Wildman–Crippen MR) is 137 cm³/mol. The number of fused-ring (bicyclic) bond motifs is 1. The van der Waals surface area contributed by atoms with Crippen LogP contribution in [0.1, 0.15) is 34.1 Å². The van der Waals surface area contributed by atoms with Gasteiger partial charge in [-0.1, -0.05) is 25.1 Å². The smallest absolute Gasteiger partial charge is 0.255 e. The maximum absolute atomic E-state index is 13.5. The SMILES string of the molecule is CCC(=O)c1c(-c2ccc(F)cc2)oc2ccc(-c3cccc(C(=O)Nc4ccc(=O)[nH]c4)c3)cc12. The number of rotatable bonds is 6. The molecule has 0 radical (unpaired) electrons. The first kappa shape index (κ1) is 23.0. The lowest BCUT2D eigenvalue weighted by atomic mass is 9.97. The first-order valence-electron chi connectivity index (χ1n) is 11.4. The standard InChI is InChI=1S/C29H21FN2O4/c1-2-24(33)27-23-15-19(8-12-25(23)36-28(27)17-6-9-21(30)10-7-17)18-4-3-5-20(14-18)29(35)32-22-11-13-26(34)31-16-22/h3-16H,2H2,1H3,(H,31,34)(H,32,35). The van der Waals surface area contributed by atoms with Gasteiger partial charge in [-0.25, -0.2) is 4.39 Å². The number of carbonyl (C=O) groups excluding carboxylic acids is 2. The van der Waals surface area contributed by atoms with E-state index < -0.39 is 0 Å². The number of carbonyl (C=O) groups is 2. The fraction of sp³-hybridized carbons (Fsp3) is 0.0690. The van der Waals surface area contributed by atoms with Gasteiger partial charge < -0.3 is 14.7 Å². The maximum atomic E-state index is 13.5. The highest BCUT2D eigenvalue weighted by atomic mass is 19.1. The zero-order valence-corrected chi connectivity index (χ0v) is 19.3. The molecule has 2 aromatic heterocycles. The number of aromatic amines is 1. The molecule has 5 aromatic rings. The summed E-state index contributed by atoms with van der Waals surface area (Å²) < 4.78 is 19.5. The largest absolute Gasteiger partial charge is 0.455 e. The summed E-state index contributed by atoms with van der Waals surface area (Å²) in [7, 11) is 0. The molecule has 5 rings (SSSR count). The van der Waals surface area contributed by atoms with Gasteiger partial charge in [-0.15, -0.1) is 0 Å². The van der Waals surface area contributed by atoms with Crippen molar-refractivity contribution in [2.45, 2.75) is 13.3 Å². The monoisotopic (exact) mass is 480 g/mol. The van der Waals surface area contributed by atoms with E-state index >= 15 is 0 Å². The summed E-state index contributed by atoms with van der Waals surface area (Å²) in [6.45, 7) is 1.78. The second-order valence-corrected chi connectivity index (χ2v) is 8.28. The number of Topliss-reactive ketones (excluding diaryl/α,β-unsaturated/α-hetero) is 1. The average molecular weight is 480 g/mol. The average Bonchev–Trinajstić information content (AvgIpc) is 3.29. The minimum absolute atomic E-state index is 0.0840. The van der Waals surface area contributed by atoms with Crippen LogP contribution in [0.15, 0.2) is 94.3 Å². The summed E-state index contributed by atoms with van der Waals surface area (Å²) in [5.74, 6) is -0.374. The number of hydrogen-bond donors (Lipinski definition) is 2. The van der Waals surface area contributed by atoms with E-state index in [4.69, 9.17) is 4.42 Å². The lowest BCUT2D eigenvalue weighted by Gasteiger charge is -2.08. The Bertz CT molecular complexity index is 1650. The molecule has 2 N–H and O–H groups in total. The third kappa shape index (κ3) is 4.46. The molecular formula is C29H21FN2O4. The number of pyridine rings is 1. The van der Waals surface area contributed by atoms with Crippen molar-refractivity contribution in [1.29, 1.82) is 0 Å². The van der Waals surface area contributed by atoms with Gasteiger partial charge in [-0.3, -0.25) is 14.4 Å². The molecule has 36 heavy (non-hydrogen) atoms. The van der Waals surface area contributed by atoms with Crippen LogP contribution >= 0.6 is 0 Å². The first-order valence-corrected chi connectivity index (χ1v) is 11.4. The Morgan fingerprint density at radius 1 is 0.917 bits per heavy atom. The Morgan fingerprint density at radius 3 is 2.39 bits per heavy atom. The van der Waals surface area contributed by atoms with E-state index in [1.807, 2.05) is 18.2 Å². The van der Waals surface area contributed by atoms with Crippen molar-refractivity contribution in [3.05, 3.63) is 112 Å². The van der Waals surface area contributed by atoms with Crippen LogP contribution in [0, 0.1) is 5.82 Å². The summed E-state index contributed by atoms with van der Waals surface area (Å²) in [6, 6.07) is 21.3. The number of furan rings is 1. The van der Waals surface area contributed by atoms with Crippen molar-refractivity contribution in [2.24, 2.45) is 0 Å². The van der Waals surface area contributed by atoms with Crippen LogP contribution in [-0.4, -0.2) is 16.7 Å². The Balaban J connectivity index is 1.54. The minimum atomic E-state index is -0.370. The number of anilines is 1. The normalized spacial score (nSPS) is 10.9. The lowest BCUT2D eigenvalue weighted by molar-refractivity contribution is 0.0988. The molecule has 0 atom stereocenters. The third-order valence-electron chi connectivity index (χ3n) is 5.89. The molecule has 0 aliphatic heterocycles. The molecule has 178 valence electrons. The highest BCUT2D eigenvalue weighted by Crippen LogP contribution is 2.37. The van der Waals surface area contributed by atoms with Crippen LogP contribution in [0.25, 0.3) is 33.4 Å². The van der Waals surface area contributed by atoms with E-state index in [9.17, 15) is 18.8 Å². The fourth-order valence-corrected chi connectivity index (χ4v) is 4.07. The summed E-state index contributed by atoms with van der Waals surface area (Å²) in [5.41, 5.74) is 3.85.